The number of nitrogens with zero attached hydrogens (tertiary/aromatic N) is 2. The number of likely N-dealkylation sites (tertiary alicyclic amines) is 1. The maximum Gasteiger partial charge on any atom is 0.253 e. The zero-order valence-corrected chi connectivity index (χ0v) is 24.5. The van der Waals surface area contributed by atoms with Crippen LogP contribution in [0.25, 0.3) is 0 Å². The molecule has 6 atom stereocenters. The van der Waals surface area contributed by atoms with E-state index in [4.69, 9.17) is 23.2 Å². The van der Waals surface area contributed by atoms with E-state index in [2.05, 4.69) is 15.9 Å². The van der Waals surface area contributed by atoms with Crippen molar-refractivity contribution in [1.29, 1.82) is 0 Å². The second-order valence-electron chi connectivity index (χ2n) is 10.8. The first kappa shape index (κ1) is 27.2. The van der Waals surface area contributed by atoms with Gasteiger partial charge in [0.1, 0.15) is 5.75 Å². The Morgan fingerprint density at radius 1 is 1.00 bits per heavy atom. The van der Waals surface area contributed by atoms with Gasteiger partial charge < -0.3 is 5.11 Å². The molecule has 0 bridgehead atoms. The summed E-state index contributed by atoms with van der Waals surface area (Å²) in [4.78, 5) is 64.6. The number of Topliss-reactive ketones (excluding diaryl/α,β-unsaturated/α-hetero) is 1. The standard InChI is InChI=1S/C29H23BrCl2N2O6/c1-13(35)14-3-6-16(7-4-14)34-24(37)18-9-8-17-20(22(18)25(34)38)12-28(31)26(39)33(2)27(40)29(28,32)23(17)19-11-15(30)5-10-21(19)36/h3-8,10-11,18,20,22-23,36H,9,12H2,1-2H3. The number of benzene rings is 2. The van der Waals surface area contributed by atoms with Crippen molar-refractivity contribution in [1.82, 2.24) is 4.90 Å². The van der Waals surface area contributed by atoms with Crippen LogP contribution in [0.3, 0.4) is 0 Å². The molecular formula is C29H23BrCl2N2O6. The molecule has 0 spiro atoms. The van der Waals surface area contributed by atoms with Crippen LogP contribution in [-0.4, -0.2) is 56.2 Å². The van der Waals surface area contributed by atoms with Crippen molar-refractivity contribution in [3.8, 4) is 5.75 Å². The molecule has 2 saturated heterocycles. The minimum Gasteiger partial charge on any atom is -0.508 e. The fourth-order valence-corrected chi connectivity index (χ4v) is 8.34. The first-order valence-corrected chi connectivity index (χ1v) is 14.3. The number of fused-ring (bicyclic) bond motifs is 4. The fourth-order valence-electron chi connectivity index (χ4n) is 6.95. The second-order valence-corrected chi connectivity index (χ2v) is 13.0. The number of halogens is 3. The van der Waals surface area contributed by atoms with Crippen LogP contribution in [0.5, 0.6) is 5.75 Å². The highest BCUT2D eigenvalue weighted by Gasteiger charge is 2.76. The van der Waals surface area contributed by atoms with Gasteiger partial charge in [0, 0.05) is 28.6 Å². The molecule has 3 fully saturated rings. The monoisotopic (exact) mass is 644 g/mol. The fraction of sp³-hybridized carbons (Fsp3) is 0.345. The zero-order valence-electron chi connectivity index (χ0n) is 21.4. The van der Waals surface area contributed by atoms with E-state index in [1.54, 1.807) is 42.5 Å². The summed E-state index contributed by atoms with van der Waals surface area (Å²) in [5.41, 5.74) is 1.66. The number of hydrogen-bond acceptors (Lipinski definition) is 6. The van der Waals surface area contributed by atoms with E-state index >= 15 is 0 Å². The lowest BCUT2D eigenvalue weighted by Crippen LogP contribution is -2.60. The lowest BCUT2D eigenvalue weighted by molar-refractivity contribution is -0.138. The van der Waals surface area contributed by atoms with Gasteiger partial charge in [-0.3, -0.25) is 33.8 Å². The molecule has 2 aromatic rings. The Kier molecular flexibility index (Phi) is 6.11. The molecule has 0 radical (unpaired) electrons. The molecule has 40 heavy (non-hydrogen) atoms. The Morgan fingerprint density at radius 2 is 1.68 bits per heavy atom. The van der Waals surface area contributed by atoms with Crippen LogP contribution >= 0.6 is 39.1 Å². The number of amides is 4. The number of carbonyl (C=O) groups is 5. The van der Waals surface area contributed by atoms with Gasteiger partial charge in [-0.1, -0.05) is 27.6 Å². The minimum atomic E-state index is -1.97. The summed E-state index contributed by atoms with van der Waals surface area (Å²) in [5, 5.41) is 10.9. The van der Waals surface area contributed by atoms with E-state index in [0.29, 0.717) is 21.3 Å². The SMILES string of the molecule is CC(=O)c1ccc(N2C(=O)C3CC=C4C(CC5(Cl)C(=O)N(C)C(=O)C5(Cl)C4c4cc(Br)ccc4O)C3C2=O)cc1. The van der Waals surface area contributed by atoms with Gasteiger partial charge in [0.2, 0.25) is 11.8 Å². The van der Waals surface area contributed by atoms with Crippen molar-refractivity contribution < 1.29 is 29.1 Å². The van der Waals surface area contributed by atoms with Crippen molar-refractivity contribution >= 4 is 74.2 Å². The van der Waals surface area contributed by atoms with Crippen molar-refractivity contribution in [2.45, 2.75) is 35.4 Å². The summed E-state index contributed by atoms with van der Waals surface area (Å²) in [6.07, 6.45) is 1.87. The van der Waals surface area contributed by atoms with Gasteiger partial charge in [-0.2, -0.15) is 0 Å². The van der Waals surface area contributed by atoms with Gasteiger partial charge in [-0.25, -0.2) is 0 Å². The van der Waals surface area contributed by atoms with Crippen LogP contribution in [-0.2, 0) is 19.2 Å². The third kappa shape index (κ3) is 3.40. The molecule has 2 aliphatic carbocycles. The Bertz CT molecular complexity index is 1570. The maximum absolute atomic E-state index is 14.0. The van der Waals surface area contributed by atoms with Crippen LogP contribution in [0.2, 0.25) is 0 Å². The third-order valence-corrected chi connectivity index (χ3v) is 10.8. The molecule has 1 N–H and O–H groups in total. The Balaban J connectivity index is 1.50. The lowest BCUT2D eigenvalue weighted by atomic mass is 9.56. The predicted octanol–water partition coefficient (Wildman–Crippen LogP) is 4.55. The Labute approximate surface area is 248 Å². The smallest absolute Gasteiger partial charge is 0.253 e. The Hall–Kier alpha value is -3.01. The molecule has 2 aliphatic heterocycles. The van der Waals surface area contributed by atoms with Gasteiger partial charge in [0.15, 0.2) is 15.5 Å². The van der Waals surface area contributed by atoms with Gasteiger partial charge in [0.25, 0.3) is 11.8 Å². The van der Waals surface area contributed by atoms with E-state index in [1.165, 1.54) is 20.0 Å². The molecule has 206 valence electrons. The molecule has 6 unspecified atom stereocenters. The predicted molar refractivity (Wildman–Crippen MR) is 150 cm³/mol. The molecule has 2 aromatic carbocycles. The van der Waals surface area contributed by atoms with Crippen molar-refractivity contribution in [2.75, 3.05) is 11.9 Å². The molecule has 1 saturated carbocycles. The van der Waals surface area contributed by atoms with Gasteiger partial charge in [0.05, 0.1) is 17.5 Å². The molecule has 4 aliphatic rings. The van der Waals surface area contributed by atoms with Crippen molar-refractivity contribution in [2.24, 2.45) is 17.8 Å². The summed E-state index contributed by atoms with van der Waals surface area (Å²) < 4.78 is 0.606. The highest BCUT2D eigenvalue weighted by molar-refractivity contribution is 9.10. The highest BCUT2D eigenvalue weighted by atomic mass is 79.9. The summed E-state index contributed by atoms with van der Waals surface area (Å²) in [5.74, 6) is -5.83. The molecule has 8 nitrogen and oxygen atoms in total. The normalized spacial score (nSPS) is 33.1. The number of phenols is 1. The number of carbonyl (C=O) groups excluding carboxylic acids is 5. The minimum absolute atomic E-state index is 0.138. The van der Waals surface area contributed by atoms with Gasteiger partial charge in [-0.15, -0.1) is 23.2 Å². The average molecular weight is 646 g/mol. The number of imide groups is 2. The quantitative estimate of drug-likeness (QED) is 0.227. The van der Waals surface area contributed by atoms with Crippen LogP contribution in [0.1, 0.15) is 41.6 Å². The van der Waals surface area contributed by atoms with E-state index < -0.39 is 51.1 Å². The number of ketones is 1. The molecule has 4 amide bonds. The summed E-state index contributed by atoms with van der Waals surface area (Å²) in [6.45, 7) is 1.43. The zero-order chi connectivity index (χ0) is 28.9. The Morgan fingerprint density at radius 3 is 2.33 bits per heavy atom. The average Bonchev–Trinajstić information content (AvgIpc) is 3.25. The van der Waals surface area contributed by atoms with E-state index in [1.807, 2.05) is 0 Å². The van der Waals surface area contributed by atoms with E-state index in [9.17, 15) is 29.1 Å². The molecule has 0 aromatic heterocycles. The van der Waals surface area contributed by atoms with Crippen molar-refractivity contribution in [3.63, 3.8) is 0 Å². The number of allylic oxidation sites excluding steroid dienone is 2. The summed E-state index contributed by atoms with van der Waals surface area (Å²) in [7, 11) is 1.31. The molecule has 2 heterocycles. The van der Waals surface area contributed by atoms with Crippen LogP contribution in [0.4, 0.5) is 5.69 Å². The van der Waals surface area contributed by atoms with Gasteiger partial charge >= 0.3 is 0 Å². The third-order valence-electron chi connectivity index (χ3n) is 8.85. The van der Waals surface area contributed by atoms with Crippen LogP contribution in [0.15, 0.2) is 58.6 Å². The highest BCUT2D eigenvalue weighted by Crippen LogP contribution is 2.66. The maximum atomic E-state index is 14.0. The number of hydrogen-bond donors (Lipinski definition) is 1. The molecule has 6 rings (SSSR count). The first-order valence-electron chi connectivity index (χ1n) is 12.7. The summed E-state index contributed by atoms with van der Waals surface area (Å²) >= 11 is 17.7. The number of anilines is 1. The topological polar surface area (TPSA) is 112 Å². The van der Waals surface area contributed by atoms with E-state index in [-0.39, 0.29) is 35.8 Å². The number of alkyl halides is 2. The number of rotatable bonds is 3. The molecular weight excluding hydrogens is 623 g/mol. The number of phenolic OH excluding ortho intramolecular Hbond substituents is 1. The van der Waals surface area contributed by atoms with E-state index in [0.717, 1.165) is 9.80 Å². The van der Waals surface area contributed by atoms with Crippen molar-refractivity contribution in [3.05, 3.63) is 69.7 Å². The number of aromatic hydroxyl groups is 1. The van der Waals surface area contributed by atoms with Crippen LogP contribution < -0.4 is 4.90 Å². The largest absolute Gasteiger partial charge is 0.508 e. The molecule has 11 heteroatoms. The second kappa shape index (κ2) is 8.99. The first-order chi connectivity index (χ1) is 18.8. The van der Waals surface area contributed by atoms with Gasteiger partial charge in [-0.05, 0) is 68.1 Å². The lowest BCUT2D eigenvalue weighted by Gasteiger charge is -2.50. The summed E-state index contributed by atoms with van der Waals surface area (Å²) in [6, 6.07) is 10.9. The van der Waals surface area contributed by atoms with Crippen LogP contribution in [0, 0.1) is 17.8 Å².